The van der Waals surface area contributed by atoms with Gasteiger partial charge in [0.25, 0.3) is 5.91 Å². The molecule has 0 saturated carbocycles. The van der Waals surface area contributed by atoms with E-state index in [4.69, 9.17) is 4.74 Å². The van der Waals surface area contributed by atoms with Gasteiger partial charge in [-0.25, -0.2) is 13.2 Å². The van der Waals surface area contributed by atoms with Crippen molar-refractivity contribution >= 4 is 33.3 Å². The summed E-state index contributed by atoms with van der Waals surface area (Å²) in [4.78, 5) is 26.6. The van der Waals surface area contributed by atoms with E-state index in [1.54, 1.807) is 31.3 Å². The van der Waals surface area contributed by atoms with Crippen molar-refractivity contribution in [2.45, 2.75) is 32.4 Å². The summed E-state index contributed by atoms with van der Waals surface area (Å²) < 4.78 is 30.8. The van der Waals surface area contributed by atoms with Gasteiger partial charge in [0.05, 0.1) is 17.5 Å². The standard InChI is InChI=1S/C21H24N2O5S/c1-14-12-17-13-16(10-11-19(17)23(14)29(4,26)27)21(25)28-15(2)20(24)22(3)18-8-6-5-7-9-18/h5-11,13-15H,12H2,1-4H3/t14-,15-/m0/s1. The van der Waals surface area contributed by atoms with Crippen LogP contribution < -0.4 is 9.21 Å². The minimum Gasteiger partial charge on any atom is -0.449 e. The van der Waals surface area contributed by atoms with Gasteiger partial charge in [-0.2, -0.15) is 0 Å². The number of carbonyl (C=O) groups excluding carboxylic acids is 2. The summed E-state index contributed by atoms with van der Waals surface area (Å²) in [5.41, 5.74) is 2.32. The zero-order chi connectivity index (χ0) is 21.3. The van der Waals surface area contributed by atoms with Gasteiger partial charge >= 0.3 is 5.97 Å². The first-order chi connectivity index (χ1) is 13.6. The Kier molecular flexibility index (Phi) is 5.66. The lowest BCUT2D eigenvalue weighted by Gasteiger charge is -2.22. The minimum atomic E-state index is -3.40. The number of amides is 1. The SMILES string of the molecule is C[C@H](OC(=O)c1ccc2c(c1)C[C@H](C)N2S(C)(=O)=O)C(=O)N(C)c1ccccc1. The molecular formula is C21H24N2O5S. The molecule has 29 heavy (non-hydrogen) atoms. The molecule has 0 spiro atoms. The number of anilines is 2. The third-order valence-corrected chi connectivity index (χ3v) is 6.20. The Hall–Kier alpha value is -2.87. The van der Waals surface area contributed by atoms with Gasteiger partial charge in [-0.05, 0) is 56.2 Å². The van der Waals surface area contributed by atoms with Gasteiger partial charge in [0, 0.05) is 18.8 Å². The molecule has 0 N–H and O–H groups in total. The highest BCUT2D eigenvalue weighted by molar-refractivity contribution is 7.92. The van der Waals surface area contributed by atoms with Crippen LogP contribution in [-0.4, -0.2) is 45.7 Å². The van der Waals surface area contributed by atoms with Crippen molar-refractivity contribution < 1.29 is 22.7 Å². The van der Waals surface area contributed by atoms with Crippen molar-refractivity contribution in [1.29, 1.82) is 0 Å². The first-order valence-electron chi connectivity index (χ1n) is 9.25. The van der Waals surface area contributed by atoms with Gasteiger partial charge in [-0.1, -0.05) is 18.2 Å². The van der Waals surface area contributed by atoms with Crippen LogP contribution in [0.5, 0.6) is 0 Å². The fourth-order valence-corrected chi connectivity index (χ4v) is 4.83. The molecule has 0 aromatic heterocycles. The van der Waals surface area contributed by atoms with Crippen LogP contribution in [0.4, 0.5) is 11.4 Å². The predicted molar refractivity (Wildman–Crippen MR) is 112 cm³/mol. The molecule has 0 saturated heterocycles. The Balaban J connectivity index is 1.73. The first kappa shape index (κ1) is 20.9. The molecule has 2 atom stereocenters. The van der Waals surface area contributed by atoms with E-state index in [-0.39, 0.29) is 17.5 Å². The van der Waals surface area contributed by atoms with Crippen molar-refractivity contribution in [2.75, 3.05) is 22.5 Å². The number of hydrogen-bond donors (Lipinski definition) is 0. The number of likely N-dealkylation sites (N-methyl/N-ethyl adjacent to an activating group) is 1. The molecule has 0 radical (unpaired) electrons. The maximum Gasteiger partial charge on any atom is 0.338 e. The van der Waals surface area contributed by atoms with Gasteiger partial charge in [0.2, 0.25) is 10.0 Å². The zero-order valence-electron chi connectivity index (χ0n) is 16.8. The number of sulfonamides is 1. The summed E-state index contributed by atoms with van der Waals surface area (Å²) in [6.07, 6.45) is 0.707. The van der Waals surface area contributed by atoms with Crippen LogP contribution in [0.15, 0.2) is 48.5 Å². The van der Waals surface area contributed by atoms with Gasteiger partial charge < -0.3 is 9.64 Å². The van der Waals surface area contributed by atoms with Crippen molar-refractivity contribution in [3.8, 4) is 0 Å². The van der Waals surface area contributed by atoms with Crippen LogP contribution >= 0.6 is 0 Å². The molecule has 154 valence electrons. The third-order valence-electron chi connectivity index (χ3n) is 4.93. The second-order valence-corrected chi connectivity index (χ2v) is 9.10. The summed E-state index contributed by atoms with van der Waals surface area (Å²) in [6, 6.07) is 13.6. The lowest BCUT2D eigenvalue weighted by Crippen LogP contribution is -2.37. The molecule has 1 aliphatic heterocycles. The highest BCUT2D eigenvalue weighted by atomic mass is 32.2. The van der Waals surface area contributed by atoms with Crippen molar-refractivity contribution in [1.82, 2.24) is 0 Å². The van der Waals surface area contributed by atoms with Gasteiger partial charge in [0.1, 0.15) is 0 Å². The van der Waals surface area contributed by atoms with Gasteiger partial charge in [-0.15, -0.1) is 0 Å². The molecule has 2 aromatic rings. The molecule has 0 fully saturated rings. The first-order valence-corrected chi connectivity index (χ1v) is 11.1. The number of fused-ring (bicyclic) bond motifs is 1. The van der Waals surface area contributed by atoms with Crippen LogP contribution in [-0.2, 0) is 26.0 Å². The van der Waals surface area contributed by atoms with E-state index in [2.05, 4.69) is 0 Å². The molecule has 2 aromatic carbocycles. The van der Waals surface area contributed by atoms with Crippen LogP contribution in [0.25, 0.3) is 0 Å². The van der Waals surface area contributed by atoms with Gasteiger partial charge in [0.15, 0.2) is 6.10 Å². The largest absolute Gasteiger partial charge is 0.449 e. The van der Waals surface area contributed by atoms with Gasteiger partial charge in [-0.3, -0.25) is 9.10 Å². The topological polar surface area (TPSA) is 84.0 Å². The molecule has 0 unspecified atom stereocenters. The smallest absolute Gasteiger partial charge is 0.338 e. The highest BCUT2D eigenvalue weighted by Crippen LogP contribution is 2.34. The average Bonchev–Trinajstić information content (AvgIpc) is 3.02. The Labute approximate surface area is 170 Å². The summed E-state index contributed by atoms with van der Waals surface area (Å²) in [5, 5.41) is 0. The second-order valence-electron chi connectivity index (χ2n) is 7.24. The molecule has 7 nitrogen and oxygen atoms in total. The molecule has 1 heterocycles. The van der Waals surface area contributed by atoms with E-state index in [0.29, 0.717) is 17.8 Å². The van der Waals surface area contributed by atoms with Crippen LogP contribution in [0.2, 0.25) is 0 Å². The normalized spacial score (nSPS) is 16.8. The molecule has 1 amide bonds. The highest BCUT2D eigenvalue weighted by Gasteiger charge is 2.33. The quantitative estimate of drug-likeness (QED) is 0.700. The Morgan fingerprint density at radius 2 is 1.83 bits per heavy atom. The molecule has 0 aliphatic carbocycles. The van der Waals surface area contributed by atoms with Crippen LogP contribution in [0.3, 0.4) is 0 Å². The van der Waals surface area contributed by atoms with E-state index in [9.17, 15) is 18.0 Å². The van der Waals surface area contributed by atoms with E-state index in [1.807, 2.05) is 25.1 Å². The number of carbonyl (C=O) groups is 2. The lowest BCUT2D eigenvalue weighted by atomic mass is 10.1. The molecule has 8 heteroatoms. The van der Waals surface area contributed by atoms with E-state index in [1.165, 1.54) is 22.2 Å². The fourth-order valence-electron chi connectivity index (χ4n) is 3.57. The summed E-state index contributed by atoms with van der Waals surface area (Å²) >= 11 is 0. The zero-order valence-corrected chi connectivity index (χ0v) is 17.6. The summed E-state index contributed by atoms with van der Waals surface area (Å²) in [5.74, 6) is -0.969. The monoisotopic (exact) mass is 416 g/mol. The molecule has 0 bridgehead atoms. The Morgan fingerprint density at radius 3 is 2.45 bits per heavy atom. The predicted octanol–water partition coefficient (Wildman–Crippen LogP) is 2.61. The summed E-state index contributed by atoms with van der Waals surface area (Å²) in [6.45, 7) is 3.35. The van der Waals surface area contributed by atoms with Crippen LogP contribution in [0.1, 0.15) is 29.8 Å². The van der Waals surface area contributed by atoms with Crippen LogP contribution in [0, 0.1) is 0 Å². The maximum absolute atomic E-state index is 12.6. The Bertz CT molecular complexity index is 1040. The number of hydrogen-bond acceptors (Lipinski definition) is 5. The van der Waals surface area contributed by atoms with E-state index in [0.717, 1.165) is 11.8 Å². The average molecular weight is 416 g/mol. The summed E-state index contributed by atoms with van der Waals surface area (Å²) in [7, 11) is -1.77. The third kappa shape index (κ3) is 4.27. The fraction of sp³-hybridized carbons (Fsp3) is 0.333. The second kappa shape index (κ2) is 7.87. The van der Waals surface area contributed by atoms with E-state index < -0.39 is 22.1 Å². The molecule has 3 rings (SSSR count). The Morgan fingerprint density at radius 1 is 1.17 bits per heavy atom. The van der Waals surface area contributed by atoms with Crippen molar-refractivity contribution in [2.24, 2.45) is 0 Å². The minimum absolute atomic E-state index is 0.216. The maximum atomic E-state index is 12.6. The number of para-hydroxylation sites is 1. The van der Waals surface area contributed by atoms with E-state index >= 15 is 0 Å². The molecular weight excluding hydrogens is 392 g/mol. The lowest BCUT2D eigenvalue weighted by molar-refractivity contribution is -0.126. The number of ether oxygens (including phenoxy) is 1. The molecule has 1 aliphatic rings. The van der Waals surface area contributed by atoms with Crippen molar-refractivity contribution in [3.05, 3.63) is 59.7 Å². The number of nitrogens with zero attached hydrogens (tertiary/aromatic N) is 2. The number of benzene rings is 2. The number of rotatable bonds is 5. The number of esters is 1. The van der Waals surface area contributed by atoms with Crippen molar-refractivity contribution in [3.63, 3.8) is 0 Å².